The van der Waals surface area contributed by atoms with Crippen molar-refractivity contribution in [3.05, 3.63) is 47.5 Å². The van der Waals surface area contributed by atoms with Crippen molar-refractivity contribution in [3.63, 3.8) is 0 Å². The average molecular weight is 326 g/mol. The molecule has 3 rings (SSSR count). The maximum absolute atomic E-state index is 12.5. The van der Waals surface area contributed by atoms with Crippen LogP contribution in [-0.2, 0) is 25.5 Å². The highest BCUT2D eigenvalue weighted by molar-refractivity contribution is 5.89. The number of hydrogen-bond acceptors (Lipinski definition) is 4. The van der Waals surface area contributed by atoms with Crippen LogP contribution in [0.15, 0.2) is 36.4 Å². The SMILES string of the molecule is COC(=O)C[C@H]1c2ccc3ccccc3c2CC[C@@]1(C)C(=O)OC. The van der Waals surface area contributed by atoms with Gasteiger partial charge in [0.05, 0.1) is 26.1 Å². The molecule has 0 amide bonds. The molecular weight excluding hydrogens is 304 g/mol. The van der Waals surface area contributed by atoms with Crippen molar-refractivity contribution in [2.24, 2.45) is 5.41 Å². The maximum atomic E-state index is 12.5. The predicted molar refractivity (Wildman–Crippen MR) is 91.8 cm³/mol. The van der Waals surface area contributed by atoms with Crippen LogP contribution in [-0.4, -0.2) is 26.2 Å². The average Bonchev–Trinajstić information content (AvgIpc) is 2.62. The summed E-state index contributed by atoms with van der Waals surface area (Å²) in [5.74, 6) is -0.822. The third kappa shape index (κ3) is 2.56. The minimum atomic E-state index is -0.724. The summed E-state index contributed by atoms with van der Waals surface area (Å²) in [5, 5.41) is 2.37. The Balaban J connectivity index is 2.16. The van der Waals surface area contributed by atoms with E-state index in [-0.39, 0.29) is 24.3 Å². The Hall–Kier alpha value is -2.36. The molecule has 2 aromatic carbocycles. The highest BCUT2D eigenvalue weighted by Gasteiger charge is 2.47. The van der Waals surface area contributed by atoms with Gasteiger partial charge in [0.15, 0.2) is 0 Å². The van der Waals surface area contributed by atoms with E-state index in [1.807, 2.05) is 25.1 Å². The van der Waals surface area contributed by atoms with Crippen LogP contribution in [0.5, 0.6) is 0 Å². The van der Waals surface area contributed by atoms with Crippen LogP contribution in [0.1, 0.15) is 36.8 Å². The van der Waals surface area contributed by atoms with Crippen molar-refractivity contribution in [2.75, 3.05) is 14.2 Å². The van der Waals surface area contributed by atoms with E-state index < -0.39 is 5.41 Å². The summed E-state index contributed by atoms with van der Waals surface area (Å²) in [6, 6.07) is 12.3. The first-order valence-corrected chi connectivity index (χ1v) is 8.17. The Morgan fingerprint density at radius 3 is 2.58 bits per heavy atom. The van der Waals surface area contributed by atoms with E-state index in [1.165, 1.54) is 30.6 Å². The number of fused-ring (bicyclic) bond motifs is 3. The van der Waals surface area contributed by atoms with Crippen LogP contribution in [0.2, 0.25) is 0 Å². The van der Waals surface area contributed by atoms with Gasteiger partial charge in [0.1, 0.15) is 0 Å². The number of aryl methyl sites for hydroxylation is 1. The molecule has 0 N–H and O–H groups in total. The van der Waals surface area contributed by atoms with Crippen LogP contribution >= 0.6 is 0 Å². The molecule has 1 aliphatic carbocycles. The van der Waals surface area contributed by atoms with Gasteiger partial charge in [-0.1, -0.05) is 36.4 Å². The molecule has 0 fully saturated rings. The lowest BCUT2D eigenvalue weighted by molar-refractivity contribution is -0.155. The van der Waals surface area contributed by atoms with E-state index >= 15 is 0 Å². The van der Waals surface area contributed by atoms with Crippen LogP contribution in [0.25, 0.3) is 10.8 Å². The van der Waals surface area contributed by atoms with Gasteiger partial charge in [0, 0.05) is 5.92 Å². The van der Waals surface area contributed by atoms with E-state index in [9.17, 15) is 9.59 Å². The molecule has 0 bridgehead atoms. The molecule has 0 unspecified atom stereocenters. The molecule has 24 heavy (non-hydrogen) atoms. The largest absolute Gasteiger partial charge is 0.469 e. The molecule has 0 aromatic heterocycles. The number of carbonyl (C=O) groups excluding carboxylic acids is 2. The Bertz CT molecular complexity index is 795. The van der Waals surface area contributed by atoms with Crippen molar-refractivity contribution >= 4 is 22.7 Å². The molecule has 4 nitrogen and oxygen atoms in total. The predicted octanol–water partition coefficient (Wildman–Crippen LogP) is 3.61. The zero-order chi connectivity index (χ0) is 17.3. The fraction of sp³-hybridized carbons (Fsp3) is 0.400. The number of rotatable bonds is 3. The number of esters is 2. The molecular formula is C20H22O4. The number of ether oxygens (including phenoxy) is 2. The first-order valence-electron chi connectivity index (χ1n) is 8.17. The Kier molecular flexibility index (Phi) is 4.31. The maximum Gasteiger partial charge on any atom is 0.312 e. The van der Waals surface area contributed by atoms with Crippen molar-refractivity contribution < 1.29 is 19.1 Å². The summed E-state index contributed by atoms with van der Waals surface area (Å²) in [5.41, 5.74) is 1.56. The summed E-state index contributed by atoms with van der Waals surface area (Å²) >= 11 is 0. The van der Waals surface area contributed by atoms with Gasteiger partial charge in [-0.25, -0.2) is 0 Å². The van der Waals surface area contributed by atoms with Crippen molar-refractivity contribution in [1.29, 1.82) is 0 Å². The second-order valence-corrected chi connectivity index (χ2v) is 6.60. The second kappa shape index (κ2) is 6.27. The van der Waals surface area contributed by atoms with Crippen LogP contribution in [0, 0.1) is 5.41 Å². The molecule has 4 heteroatoms. The van der Waals surface area contributed by atoms with Crippen molar-refractivity contribution in [3.8, 4) is 0 Å². The first-order chi connectivity index (χ1) is 11.5. The summed E-state index contributed by atoms with van der Waals surface area (Å²) in [7, 11) is 2.78. The van der Waals surface area contributed by atoms with Gasteiger partial charge in [-0.2, -0.15) is 0 Å². The Morgan fingerprint density at radius 1 is 1.12 bits per heavy atom. The summed E-state index contributed by atoms with van der Waals surface area (Å²) in [6.07, 6.45) is 1.62. The molecule has 0 spiro atoms. The van der Waals surface area contributed by atoms with Gasteiger partial charge in [-0.3, -0.25) is 9.59 Å². The van der Waals surface area contributed by atoms with Gasteiger partial charge < -0.3 is 9.47 Å². The van der Waals surface area contributed by atoms with Gasteiger partial charge in [0.25, 0.3) is 0 Å². The fourth-order valence-corrected chi connectivity index (χ4v) is 3.92. The van der Waals surface area contributed by atoms with E-state index in [4.69, 9.17) is 9.47 Å². The molecule has 1 aliphatic rings. The normalized spacial score (nSPS) is 22.7. The minimum absolute atomic E-state index is 0.174. The van der Waals surface area contributed by atoms with Crippen LogP contribution < -0.4 is 0 Å². The first kappa shape index (κ1) is 16.5. The highest BCUT2D eigenvalue weighted by Crippen LogP contribution is 2.49. The summed E-state index contributed by atoms with van der Waals surface area (Å²) < 4.78 is 9.92. The van der Waals surface area contributed by atoms with E-state index in [2.05, 4.69) is 18.2 Å². The van der Waals surface area contributed by atoms with E-state index in [0.717, 1.165) is 12.0 Å². The number of benzene rings is 2. The Morgan fingerprint density at radius 2 is 1.88 bits per heavy atom. The lowest BCUT2D eigenvalue weighted by atomic mass is 9.63. The van der Waals surface area contributed by atoms with Gasteiger partial charge in [0.2, 0.25) is 0 Å². The molecule has 126 valence electrons. The molecule has 0 radical (unpaired) electrons. The molecule has 0 aliphatic heterocycles. The monoisotopic (exact) mass is 326 g/mol. The summed E-state index contributed by atoms with van der Waals surface area (Å²) in [6.45, 7) is 1.89. The third-order valence-corrected chi connectivity index (χ3v) is 5.37. The van der Waals surface area contributed by atoms with Gasteiger partial charge in [-0.05, 0) is 41.7 Å². The quantitative estimate of drug-likeness (QED) is 0.809. The second-order valence-electron chi connectivity index (χ2n) is 6.60. The van der Waals surface area contributed by atoms with Crippen LogP contribution in [0.3, 0.4) is 0 Å². The molecule has 2 aromatic rings. The molecule has 0 heterocycles. The molecule has 2 atom stereocenters. The fourth-order valence-electron chi connectivity index (χ4n) is 3.92. The van der Waals surface area contributed by atoms with E-state index in [0.29, 0.717) is 6.42 Å². The highest BCUT2D eigenvalue weighted by atomic mass is 16.5. The summed E-state index contributed by atoms with van der Waals surface area (Å²) in [4.78, 5) is 24.4. The minimum Gasteiger partial charge on any atom is -0.469 e. The number of carbonyl (C=O) groups is 2. The van der Waals surface area contributed by atoms with Crippen LogP contribution in [0.4, 0.5) is 0 Å². The zero-order valence-corrected chi connectivity index (χ0v) is 14.3. The zero-order valence-electron chi connectivity index (χ0n) is 14.3. The lowest BCUT2D eigenvalue weighted by Crippen LogP contribution is -2.40. The Labute approximate surface area is 141 Å². The van der Waals surface area contributed by atoms with Crippen molar-refractivity contribution in [2.45, 2.75) is 32.1 Å². The molecule has 0 saturated carbocycles. The standard InChI is InChI=1S/C20H22O4/c1-20(19(22)24-3)11-10-15-14-7-5-4-6-13(14)8-9-16(15)17(20)12-18(21)23-2/h4-9,17H,10-12H2,1-3H3/t17-,20+/m0/s1. The molecule has 0 saturated heterocycles. The van der Waals surface area contributed by atoms with Gasteiger partial charge in [-0.15, -0.1) is 0 Å². The number of hydrogen-bond donors (Lipinski definition) is 0. The van der Waals surface area contributed by atoms with E-state index in [1.54, 1.807) is 0 Å². The third-order valence-electron chi connectivity index (χ3n) is 5.37. The topological polar surface area (TPSA) is 52.6 Å². The smallest absolute Gasteiger partial charge is 0.312 e. The lowest BCUT2D eigenvalue weighted by Gasteiger charge is -2.40. The number of methoxy groups -OCH3 is 2. The van der Waals surface area contributed by atoms with Gasteiger partial charge >= 0.3 is 11.9 Å². The van der Waals surface area contributed by atoms with Crippen molar-refractivity contribution in [1.82, 2.24) is 0 Å².